The molecule has 410 valence electrons. The molecule has 0 amide bonds. The predicted octanol–water partition coefficient (Wildman–Crippen LogP) is 20.0. The Bertz CT molecular complexity index is 4030. The highest BCUT2D eigenvalue weighted by atomic mass is 32.1. The Hall–Kier alpha value is -6.56. The molecule has 0 unspecified atom stereocenters. The Labute approximate surface area is 488 Å². The molecular formula is C76H82BN3S. The minimum atomic E-state index is -0.0322. The largest absolute Gasteiger partial charge is 0.311 e. The quantitative estimate of drug-likeness (QED) is 0.159. The lowest BCUT2D eigenvalue weighted by molar-refractivity contribution is 0.332. The third kappa shape index (κ3) is 8.08. The first-order chi connectivity index (χ1) is 38.2. The van der Waals surface area contributed by atoms with Gasteiger partial charge in [-0.3, -0.25) is 0 Å². The summed E-state index contributed by atoms with van der Waals surface area (Å²) in [7, 11) is 0. The van der Waals surface area contributed by atoms with Crippen molar-refractivity contribution in [1.82, 2.24) is 0 Å². The monoisotopic (exact) mass is 1080 g/mol. The summed E-state index contributed by atoms with van der Waals surface area (Å²) >= 11 is 1.93. The van der Waals surface area contributed by atoms with Crippen LogP contribution in [0.5, 0.6) is 0 Å². The van der Waals surface area contributed by atoms with Crippen molar-refractivity contribution in [3.63, 3.8) is 0 Å². The summed E-state index contributed by atoms with van der Waals surface area (Å²) in [5.74, 6) is 0. The van der Waals surface area contributed by atoms with Crippen LogP contribution in [0.4, 0.5) is 51.2 Å². The van der Waals surface area contributed by atoms with E-state index in [4.69, 9.17) is 0 Å². The zero-order chi connectivity index (χ0) is 56.7. The van der Waals surface area contributed by atoms with Crippen LogP contribution in [0.15, 0.2) is 152 Å². The highest BCUT2D eigenvalue weighted by Crippen LogP contribution is 2.56. The molecule has 3 nitrogen and oxygen atoms in total. The van der Waals surface area contributed by atoms with Gasteiger partial charge in [-0.1, -0.05) is 171 Å². The van der Waals surface area contributed by atoms with Gasteiger partial charge in [0.1, 0.15) is 0 Å². The molecule has 0 saturated heterocycles. The lowest BCUT2D eigenvalue weighted by atomic mass is 9.32. The van der Waals surface area contributed by atoms with Crippen LogP contribution in [0.25, 0.3) is 20.2 Å². The van der Waals surface area contributed by atoms with Crippen molar-refractivity contribution < 1.29 is 0 Å². The molecular weight excluding hydrogens is 998 g/mol. The molecule has 0 N–H and O–H groups in total. The summed E-state index contributed by atoms with van der Waals surface area (Å²) in [5.41, 5.74) is 25.7. The summed E-state index contributed by atoms with van der Waals surface area (Å²) in [5, 5.41) is 2.65. The van der Waals surface area contributed by atoms with E-state index in [0.29, 0.717) is 0 Å². The van der Waals surface area contributed by atoms with E-state index >= 15 is 0 Å². The number of hydrogen-bond acceptors (Lipinski definition) is 4. The summed E-state index contributed by atoms with van der Waals surface area (Å²) in [4.78, 5) is 7.97. The predicted molar refractivity (Wildman–Crippen MR) is 353 cm³/mol. The number of para-hydroxylation sites is 2. The van der Waals surface area contributed by atoms with Gasteiger partial charge < -0.3 is 14.7 Å². The lowest BCUT2D eigenvalue weighted by Crippen LogP contribution is -2.62. The van der Waals surface area contributed by atoms with Crippen LogP contribution in [0.2, 0.25) is 0 Å². The maximum Gasteiger partial charge on any atom is 0.252 e. The van der Waals surface area contributed by atoms with Crippen molar-refractivity contribution >= 4 is 106 Å². The number of anilines is 9. The summed E-state index contributed by atoms with van der Waals surface area (Å²) in [6.45, 7) is 36.9. The number of benzene rings is 8. The van der Waals surface area contributed by atoms with E-state index in [2.05, 4.69) is 270 Å². The Morgan fingerprint density at radius 2 is 0.815 bits per heavy atom. The van der Waals surface area contributed by atoms with Gasteiger partial charge in [0.2, 0.25) is 0 Å². The minimum absolute atomic E-state index is 0.000719. The standard InChI is InChI=1S/C76H82BN3S/c1-70(2,3)47-26-29-53-54-39-50(28-31-67(54)81-68(53)38-47)79-63-45-59-57(73(8,9)34-36-75(59,12)13)43-61(63)77-62-44-58-60(76(14,15)37-35-74(58,10)11)46-64(62)80(51-27-30-55-56(40-51)72(6,7)33-32-71(55,4)5)66-42-52(41-65(79)69(66)77)78(48-22-18-16-19-23-48)49-24-20-17-21-25-49/h16-31,38-46H,32-37H2,1-15H3. The van der Waals surface area contributed by atoms with Gasteiger partial charge in [0, 0.05) is 65.7 Å². The SMILES string of the molecule is CC(C)(C)c1ccc2c(c1)sc1ccc(N3c4cc5c(cc4B4c6cc7c(cc6N(c6ccc8c(c6)C(C)(C)CCC8(C)C)c6cc(N(c8ccccc8)c8ccccc8)cc3c64)C(C)(C)CCC7(C)C)C(C)(C)CCC5(C)C)cc12. The van der Waals surface area contributed by atoms with E-state index in [1.807, 2.05) is 11.3 Å². The molecule has 0 radical (unpaired) electrons. The van der Waals surface area contributed by atoms with E-state index in [0.717, 1.165) is 49.2 Å². The maximum absolute atomic E-state index is 2.75. The van der Waals surface area contributed by atoms with Crippen molar-refractivity contribution in [2.45, 2.75) is 180 Å². The summed E-state index contributed by atoms with van der Waals surface area (Å²) in [6, 6.07) is 60.4. The van der Waals surface area contributed by atoms with Crippen LogP contribution >= 0.6 is 11.3 Å². The molecule has 0 bridgehead atoms. The molecule has 14 rings (SSSR count). The van der Waals surface area contributed by atoms with Crippen molar-refractivity contribution in [3.05, 3.63) is 191 Å². The second-order valence-corrected chi connectivity index (χ2v) is 31.3. The van der Waals surface area contributed by atoms with E-state index in [9.17, 15) is 0 Å². The van der Waals surface area contributed by atoms with Crippen LogP contribution in [0.3, 0.4) is 0 Å². The molecule has 0 atom stereocenters. The Morgan fingerprint density at radius 3 is 1.30 bits per heavy atom. The zero-order valence-corrected chi connectivity index (χ0v) is 51.8. The third-order valence-electron chi connectivity index (χ3n) is 21.0. The molecule has 0 fully saturated rings. The molecule has 5 aliphatic rings. The second-order valence-electron chi connectivity index (χ2n) is 30.2. The van der Waals surface area contributed by atoms with Crippen molar-refractivity contribution in [1.29, 1.82) is 0 Å². The van der Waals surface area contributed by atoms with Crippen LogP contribution < -0.4 is 31.1 Å². The van der Waals surface area contributed by atoms with Gasteiger partial charge in [-0.15, -0.1) is 11.3 Å². The van der Waals surface area contributed by atoms with Gasteiger partial charge in [-0.2, -0.15) is 0 Å². The van der Waals surface area contributed by atoms with Crippen molar-refractivity contribution in [2.75, 3.05) is 14.7 Å². The first kappa shape index (κ1) is 52.5. The molecule has 9 aromatic rings. The smallest absolute Gasteiger partial charge is 0.252 e. The Balaban J connectivity index is 1.15. The number of fused-ring (bicyclic) bond motifs is 10. The van der Waals surface area contributed by atoms with Gasteiger partial charge in [-0.25, -0.2) is 0 Å². The van der Waals surface area contributed by atoms with Gasteiger partial charge in [0.05, 0.1) is 5.69 Å². The van der Waals surface area contributed by atoms with Gasteiger partial charge >= 0.3 is 0 Å². The van der Waals surface area contributed by atoms with Crippen LogP contribution in [-0.4, -0.2) is 6.71 Å². The fraction of sp³-hybridized carbons (Fsp3) is 0.368. The molecule has 0 saturated carbocycles. The Morgan fingerprint density at radius 1 is 0.383 bits per heavy atom. The molecule has 81 heavy (non-hydrogen) atoms. The lowest BCUT2D eigenvalue weighted by Gasteiger charge is -2.49. The van der Waals surface area contributed by atoms with Crippen LogP contribution in [0.1, 0.15) is 181 Å². The summed E-state index contributed by atoms with van der Waals surface area (Å²) in [6.07, 6.45) is 6.96. The molecule has 3 aliphatic carbocycles. The fourth-order valence-corrected chi connectivity index (χ4v) is 16.6. The number of rotatable bonds is 5. The van der Waals surface area contributed by atoms with Crippen molar-refractivity contribution in [2.24, 2.45) is 0 Å². The molecule has 1 aromatic heterocycles. The van der Waals surface area contributed by atoms with Crippen LogP contribution in [-0.2, 0) is 37.9 Å². The number of thiophene rings is 1. The fourth-order valence-electron chi connectivity index (χ4n) is 15.5. The highest BCUT2D eigenvalue weighted by Gasteiger charge is 2.49. The first-order valence-electron chi connectivity index (χ1n) is 30.4. The van der Waals surface area contributed by atoms with E-state index in [-0.39, 0.29) is 44.6 Å². The number of hydrogen-bond donors (Lipinski definition) is 0. The third-order valence-corrected chi connectivity index (χ3v) is 22.1. The molecule has 5 heteroatoms. The molecule has 8 aromatic carbocycles. The maximum atomic E-state index is 2.75. The summed E-state index contributed by atoms with van der Waals surface area (Å²) < 4.78 is 2.68. The minimum Gasteiger partial charge on any atom is -0.311 e. The van der Waals surface area contributed by atoms with Gasteiger partial charge in [0.15, 0.2) is 0 Å². The normalized spacial score (nSPS) is 19.3. The first-order valence-corrected chi connectivity index (χ1v) is 31.2. The Kier molecular flexibility index (Phi) is 11.3. The highest BCUT2D eigenvalue weighted by molar-refractivity contribution is 7.25. The van der Waals surface area contributed by atoms with Gasteiger partial charge in [-0.05, 0) is 217 Å². The average Bonchev–Trinajstić information content (AvgIpc) is 2.38. The second kappa shape index (κ2) is 17.5. The van der Waals surface area contributed by atoms with Gasteiger partial charge in [0.25, 0.3) is 6.71 Å². The molecule has 3 heterocycles. The van der Waals surface area contributed by atoms with Crippen LogP contribution in [0, 0.1) is 0 Å². The van der Waals surface area contributed by atoms with E-state index in [1.54, 1.807) is 0 Å². The van der Waals surface area contributed by atoms with E-state index < -0.39 is 0 Å². The van der Waals surface area contributed by atoms with E-state index in [1.165, 1.54) is 116 Å². The topological polar surface area (TPSA) is 9.72 Å². The number of nitrogens with zero attached hydrogens (tertiary/aromatic N) is 3. The zero-order valence-electron chi connectivity index (χ0n) is 51.0. The average molecular weight is 1080 g/mol. The molecule has 0 spiro atoms. The molecule has 2 aliphatic heterocycles. The van der Waals surface area contributed by atoms with Crippen molar-refractivity contribution in [3.8, 4) is 0 Å².